The summed E-state index contributed by atoms with van der Waals surface area (Å²) < 4.78 is 2.55. The molecule has 85 heavy (non-hydrogen) atoms. The predicted octanol–water partition coefficient (Wildman–Crippen LogP) is 21.4. The van der Waals surface area contributed by atoms with E-state index >= 15 is 0 Å². The Morgan fingerprint density at radius 2 is 0.600 bits per heavy atom. The Morgan fingerprint density at radius 3 is 1.01 bits per heavy atom. The molecule has 14 aromatic rings. The van der Waals surface area contributed by atoms with Crippen LogP contribution in [0, 0.1) is 0 Å². The topological polar surface area (TPSA) is 43.6 Å². The van der Waals surface area contributed by atoms with E-state index in [1.165, 1.54) is 0 Å². The van der Waals surface area contributed by atoms with Crippen LogP contribution in [0.3, 0.4) is 0 Å². The van der Waals surface area contributed by atoms with Crippen LogP contribution in [-0.2, 0) is 0 Å². The average Bonchev–Trinajstić information content (AvgIpc) is 1.77. The second kappa shape index (κ2) is 22.9. The monoisotopic (exact) mass is 1080 g/mol. The van der Waals surface area contributed by atoms with Gasteiger partial charge in [-0.2, -0.15) is 0 Å². The van der Waals surface area contributed by atoms with Gasteiger partial charge in [0.25, 0.3) is 0 Å². The summed E-state index contributed by atoms with van der Waals surface area (Å²) in [5.74, 6) is 1.74. The first-order chi connectivity index (χ1) is 42.0. The van der Waals surface area contributed by atoms with Gasteiger partial charge in [-0.3, -0.25) is 0 Å². The Kier molecular flexibility index (Phi) is 14.0. The fourth-order valence-electron chi connectivity index (χ4n) is 11.8. The van der Waals surface area contributed by atoms with Crippen LogP contribution in [0.5, 0.6) is 0 Å². The van der Waals surface area contributed by atoms with Crippen LogP contribution >= 0.6 is 0 Å². The van der Waals surface area contributed by atoms with Gasteiger partial charge in [0, 0.05) is 38.6 Å². The van der Waals surface area contributed by atoms with Gasteiger partial charge >= 0.3 is 0 Å². The van der Waals surface area contributed by atoms with Gasteiger partial charge in [-0.15, -0.1) is 0 Å². The molecule has 0 aliphatic carbocycles. The van der Waals surface area contributed by atoms with Gasteiger partial charge in [0.1, 0.15) is 0 Å². The maximum absolute atomic E-state index is 5.41. The molecule has 0 amide bonds. The van der Waals surface area contributed by atoms with Crippen molar-refractivity contribution in [2.45, 2.75) is 0 Å². The molecule has 0 atom stereocenters. The lowest BCUT2D eigenvalue weighted by Crippen LogP contribution is -2.04. The SMILES string of the molecule is C=C/C=C\C(=C)c1cc(-c2ccccc2)cc2c1c1c(-c3ccccc3)cc(-c3ccccc3)cc1n2-c1c(-c2ccc(-c3ccccc3)cc2)cc(-c2nc(-c3ccccc3)nc(-c3ccccc3)n2)cc1-c1ccc(-c2ccccc2)cc1. The van der Waals surface area contributed by atoms with E-state index in [1.807, 2.05) is 48.6 Å². The third kappa shape index (κ3) is 10.2. The summed E-state index contributed by atoms with van der Waals surface area (Å²) in [6, 6.07) is 106. The molecule has 0 bridgehead atoms. The lowest BCUT2D eigenvalue weighted by Gasteiger charge is -2.22. The number of benzene rings is 12. The minimum absolute atomic E-state index is 0.558. The second-order valence-electron chi connectivity index (χ2n) is 21.2. The summed E-state index contributed by atoms with van der Waals surface area (Å²) in [5.41, 5.74) is 22.7. The summed E-state index contributed by atoms with van der Waals surface area (Å²) in [6.45, 7) is 8.93. The second-order valence-corrected chi connectivity index (χ2v) is 21.2. The van der Waals surface area contributed by atoms with Gasteiger partial charge in [0.2, 0.25) is 0 Å². The minimum Gasteiger partial charge on any atom is -0.308 e. The van der Waals surface area contributed by atoms with Crippen molar-refractivity contribution < 1.29 is 0 Å². The fraction of sp³-hybridized carbons (Fsp3) is 0. The molecular formula is C81H56N4. The van der Waals surface area contributed by atoms with Gasteiger partial charge in [-0.25, -0.2) is 15.0 Å². The van der Waals surface area contributed by atoms with Gasteiger partial charge in [0.15, 0.2) is 17.5 Å². The van der Waals surface area contributed by atoms with E-state index in [4.69, 9.17) is 21.5 Å². The molecule has 0 radical (unpaired) electrons. The molecule has 0 aliphatic rings. The van der Waals surface area contributed by atoms with Crippen molar-refractivity contribution in [3.8, 4) is 118 Å². The predicted molar refractivity (Wildman–Crippen MR) is 357 cm³/mol. The summed E-state index contributed by atoms with van der Waals surface area (Å²) in [4.78, 5) is 16.0. The van der Waals surface area contributed by atoms with Crippen LogP contribution in [0.4, 0.5) is 0 Å². The van der Waals surface area contributed by atoms with Crippen molar-refractivity contribution in [1.29, 1.82) is 0 Å². The first kappa shape index (κ1) is 51.8. The number of rotatable bonds is 14. The van der Waals surface area contributed by atoms with Gasteiger partial charge in [-0.1, -0.05) is 292 Å². The van der Waals surface area contributed by atoms with E-state index in [9.17, 15) is 0 Å². The molecule has 12 aromatic carbocycles. The quantitative estimate of drug-likeness (QED) is 0.102. The zero-order chi connectivity index (χ0) is 57.1. The Bertz CT molecular complexity index is 4600. The third-order valence-electron chi connectivity index (χ3n) is 15.9. The number of nitrogens with zero attached hydrogens (tertiary/aromatic N) is 4. The summed E-state index contributed by atoms with van der Waals surface area (Å²) in [7, 11) is 0. The van der Waals surface area contributed by atoms with E-state index in [1.54, 1.807) is 0 Å². The Balaban J connectivity index is 1.18. The van der Waals surface area contributed by atoms with Crippen LogP contribution in [0.2, 0.25) is 0 Å². The Labute approximate surface area is 496 Å². The first-order valence-electron chi connectivity index (χ1n) is 28.7. The third-order valence-corrected chi connectivity index (χ3v) is 15.9. The highest BCUT2D eigenvalue weighted by molar-refractivity contribution is 6.22. The summed E-state index contributed by atoms with van der Waals surface area (Å²) in [6.07, 6.45) is 5.88. The molecule has 0 spiro atoms. The highest BCUT2D eigenvalue weighted by Crippen LogP contribution is 2.50. The van der Waals surface area contributed by atoms with Crippen molar-refractivity contribution in [2.24, 2.45) is 0 Å². The molecule has 0 unspecified atom stereocenters. The molecule has 0 aliphatic heterocycles. The zero-order valence-electron chi connectivity index (χ0n) is 46.7. The fourth-order valence-corrected chi connectivity index (χ4v) is 11.8. The maximum Gasteiger partial charge on any atom is 0.164 e. The number of aromatic nitrogens is 4. The van der Waals surface area contributed by atoms with E-state index in [-0.39, 0.29) is 0 Å². The number of hydrogen-bond acceptors (Lipinski definition) is 3. The summed E-state index contributed by atoms with van der Waals surface area (Å²) >= 11 is 0. The molecule has 2 heterocycles. The number of fused-ring (bicyclic) bond motifs is 3. The van der Waals surface area contributed by atoms with Crippen molar-refractivity contribution in [3.05, 3.63) is 334 Å². The number of hydrogen-bond donors (Lipinski definition) is 0. The smallest absolute Gasteiger partial charge is 0.164 e. The van der Waals surface area contributed by atoms with Crippen LogP contribution in [0.15, 0.2) is 329 Å². The van der Waals surface area contributed by atoms with Crippen molar-refractivity contribution >= 4 is 27.4 Å². The zero-order valence-corrected chi connectivity index (χ0v) is 46.7. The Morgan fingerprint density at radius 1 is 0.294 bits per heavy atom. The lowest BCUT2D eigenvalue weighted by molar-refractivity contribution is 1.07. The van der Waals surface area contributed by atoms with Gasteiger partial charge in [0.05, 0.1) is 16.7 Å². The van der Waals surface area contributed by atoms with Crippen LogP contribution in [-0.4, -0.2) is 19.5 Å². The van der Waals surface area contributed by atoms with Crippen molar-refractivity contribution in [1.82, 2.24) is 19.5 Å². The summed E-state index contributed by atoms with van der Waals surface area (Å²) in [5, 5.41) is 2.20. The van der Waals surface area contributed by atoms with Crippen molar-refractivity contribution in [2.75, 3.05) is 0 Å². The minimum atomic E-state index is 0.558. The van der Waals surface area contributed by atoms with E-state index in [0.717, 1.165) is 133 Å². The van der Waals surface area contributed by atoms with E-state index in [2.05, 4.69) is 278 Å². The van der Waals surface area contributed by atoms with Gasteiger partial charge < -0.3 is 4.57 Å². The molecule has 0 saturated heterocycles. The van der Waals surface area contributed by atoms with E-state index in [0.29, 0.717) is 17.5 Å². The van der Waals surface area contributed by atoms with Crippen LogP contribution in [0.1, 0.15) is 5.56 Å². The molecule has 0 N–H and O–H groups in total. The largest absolute Gasteiger partial charge is 0.308 e. The molecule has 4 heteroatoms. The highest BCUT2D eigenvalue weighted by Gasteiger charge is 2.28. The molecule has 2 aromatic heterocycles. The molecule has 4 nitrogen and oxygen atoms in total. The molecule has 14 rings (SSSR count). The standard InChI is InChI=1S/C81H56N4/c1-3-4-26-55(2)70-49-67(58-31-16-7-17-32-58)53-74-76(70)77-71(62-35-20-9-21-36-62)50-68(59-33-18-8-19-34-59)54-75(77)85(74)78-72(63-45-41-60(42-46-63)56-27-12-5-13-28-56)51-69(52-73(78)64-47-43-61(44-48-64)57-29-14-6-15-30-57)81-83-79(65-37-22-10-23-38-65)82-80(84-81)66-39-24-11-25-40-66/h3-54H,1-2H2/b26-4-. The molecular weight excluding hydrogens is 1030 g/mol. The normalized spacial score (nSPS) is 11.3. The highest BCUT2D eigenvalue weighted by atomic mass is 15.0. The first-order valence-corrected chi connectivity index (χ1v) is 28.7. The average molecular weight is 1090 g/mol. The van der Waals surface area contributed by atoms with Gasteiger partial charge in [-0.05, 0) is 114 Å². The number of allylic oxidation sites excluding steroid dienone is 4. The molecule has 0 fully saturated rings. The van der Waals surface area contributed by atoms with Crippen LogP contribution < -0.4 is 0 Å². The maximum atomic E-state index is 5.41. The molecule has 400 valence electrons. The van der Waals surface area contributed by atoms with E-state index < -0.39 is 0 Å². The van der Waals surface area contributed by atoms with Crippen molar-refractivity contribution in [3.63, 3.8) is 0 Å². The lowest BCUT2D eigenvalue weighted by atomic mass is 9.90. The Hall–Kier alpha value is -11.3. The van der Waals surface area contributed by atoms with Crippen LogP contribution in [0.25, 0.3) is 145 Å². The molecule has 0 saturated carbocycles.